The van der Waals surface area contributed by atoms with E-state index in [1.54, 1.807) is 0 Å². The Labute approximate surface area is 102 Å². The predicted octanol–water partition coefficient (Wildman–Crippen LogP) is 2.09. The Morgan fingerprint density at radius 1 is 1.62 bits per heavy atom. The van der Waals surface area contributed by atoms with Crippen LogP contribution in [-0.4, -0.2) is 23.7 Å². The largest absolute Gasteiger partial charge is 0.394 e. The lowest BCUT2D eigenvalue weighted by molar-refractivity contribution is 0.0914. The van der Waals surface area contributed by atoms with Gasteiger partial charge in [-0.25, -0.2) is 4.39 Å². The molecule has 1 rings (SSSR count). The number of hydrogen-bond acceptors (Lipinski definition) is 2. The molecule has 0 aliphatic carbocycles. The Kier molecular flexibility index (Phi) is 4.89. The molecular weight excluding hydrogens is 277 g/mol. The van der Waals surface area contributed by atoms with Crippen LogP contribution in [0, 0.1) is 5.82 Å². The van der Waals surface area contributed by atoms with Crippen LogP contribution in [0.4, 0.5) is 4.39 Å². The fourth-order valence-electron chi connectivity index (χ4n) is 1.18. The standard InChI is InChI=1S/C11H13BrFNO2/c1-2-8(6-15)14-11(16)7-3-4-9(12)10(13)5-7/h3-5,8,15H,2,6H2,1H3,(H,14,16)/t8-/m0/s1. The highest BCUT2D eigenvalue weighted by molar-refractivity contribution is 9.10. The molecule has 2 N–H and O–H groups in total. The molecule has 0 aliphatic rings. The fraction of sp³-hybridized carbons (Fsp3) is 0.364. The van der Waals surface area contributed by atoms with Crippen LogP contribution >= 0.6 is 15.9 Å². The Morgan fingerprint density at radius 2 is 2.31 bits per heavy atom. The maximum atomic E-state index is 13.2. The molecule has 0 unspecified atom stereocenters. The molecule has 0 aliphatic heterocycles. The van der Waals surface area contributed by atoms with Crippen molar-refractivity contribution in [1.82, 2.24) is 5.32 Å². The first-order valence-electron chi connectivity index (χ1n) is 4.95. The van der Waals surface area contributed by atoms with Gasteiger partial charge in [-0.15, -0.1) is 0 Å². The number of aliphatic hydroxyl groups excluding tert-OH is 1. The fourth-order valence-corrected chi connectivity index (χ4v) is 1.43. The van der Waals surface area contributed by atoms with Crippen molar-refractivity contribution < 1.29 is 14.3 Å². The number of amides is 1. The summed E-state index contributed by atoms with van der Waals surface area (Å²) >= 11 is 3.01. The van der Waals surface area contributed by atoms with Gasteiger partial charge in [-0.05, 0) is 40.5 Å². The Bertz CT molecular complexity index is 380. The average Bonchev–Trinajstić information content (AvgIpc) is 2.29. The van der Waals surface area contributed by atoms with Crippen LogP contribution in [0.15, 0.2) is 22.7 Å². The van der Waals surface area contributed by atoms with Crippen LogP contribution in [0.25, 0.3) is 0 Å². The minimum absolute atomic E-state index is 0.124. The minimum atomic E-state index is -0.482. The zero-order chi connectivity index (χ0) is 12.1. The maximum absolute atomic E-state index is 13.2. The molecule has 0 bridgehead atoms. The number of hydrogen-bond donors (Lipinski definition) is 2. The summed E-state index contributed by atoms with van der Waals surface area (Å²) in [6, 6.07) is 3.86. The number of carbonyl (C=O) groups excluding carboxylic acids is 1. The third-order valence-electron chi connectivity index (χ3n) is 2.23. The van der Waals surface area contributed by atoms with E-state index in [1.807, 2.05) is 6.92 Å². The second kappa shape index (κ2) is 5.96. The molecule has 5 heteroatoms. The normalized spacial score (nSPS) is 12.2. The van der Waals surface area contributed by atoms with Crippen LogP contribution < -0.4 is 5.32 Å². The lowest BCUT2D eigenvalue weighted by atomic mass is 10.1. The molecule has 88 valence electrons. The minimum Gasteiger partial charge on any atom is -0.394 e. The van der Waals surface area contributed by atoms with E-state index in [-0.39, 0.29) is 24.1 Å². The molecule has 1 aromatic rings. The van der Waals surface area contributed by atoms with Gasteiger partial charge in [0.05, 0.1) is 17.1 Å². The van der Waals surface area contributed by atoms with Gasteiger partial charge in [0.2, 0.25) is 0 Å². The molecule has 1 atom stereocenters. The second-order valence-electron chi connectivity index (χ2n) is 3.39. The highest BCUT2D eigenvalue weighted by Gasteiger charge is 2.12. The topological polar surface area (TPSA) is 49.3 Å². The third kappa shape index (κ3) is 3.28. The van der Waals surface area contributed by atoms with E-state index in [1.165, 1.54) is 12.1 Å². The van der Waals surface area contributed by atoms with E-state index >= 15 is 0 Å². The lowest BCUT2D eigenvalue weighted by Crippen LogP contribution is -2.36. The first kappa shape index (κ1) is 13.1. The third-order valence-corrected chi connectivity index (χ3v) is 2.87. The quantitative estimate of drug-likeness (QED) is 0.892. The average molecular weight is 290 g/mol. The molecule has 1 amide bonds. The van der Waals surface area contributed by atoms with Crippen molar-refractivity contribution >= 4 is 21.8 Å². The van der Waals surface area contributed by atoms with Crippen molar-refractivity contribution in [3.63, 3.8) is 0 Å². The number of benzene rings is 1. The van der Waals surface area contributed by atoms with E-state index in [2.05, 4.69) is 21.2 Å². The van der Waals surface area contributed by atoms with Crippen LogP contribution in [0.3, 0.4) is 0 Å². The van der Waals surface area contributed by atoms with E-state index in [4.69, 9.17) is 5.11 Å². The highest BCUT2D eigenvalue weighted by Crippen LogP contribution is 2.16. The molecule has 0 radical (unpaired) electrons. The highest BCUT2D eigenvalue weighted by atomic mass is 79.9. The summed E-state index contributed by atoms with van der Waals surface area (Å²) in [5.41, 5.74) is 0.243. The predicted molar refractivity (Wildman–Crippen MR) is 62.7 cm³/mol. The van der Waals surface area contributed by atoms with Gasteiger partial charge >= 0.3 is 0 Å². The van der Waals surface area contributed by atoms with Crippen molar-refractivity contribution in [2.75, 3.05) is 6.61 Å². The van der Waals surface area contributed by atoms with Crippen molar-refractivity contribution in [1.29, 1.82) is 0 Å². The van der Waals surface area contributed by atoms with E-state index in [9.17, 15) is 9.18 Å². The number of aliphatic hydroxyl groups is 1. The zero-order valence-corrected chi connectivity index (χ0v) is 10.4. The zero-order valence-electron chi connectivity index (χ0n) is 8.84. The number of rotatable bonds is 4. The molecule has 0 heterocycles. The van der Waals surface area contributed by atoms with Crippen molar-refractivity contribution in [2.24, 2.45) is 0 Å². The second-order valence-corrected chi connectivity index (χ2v) is 4.24. The Balaban J connectivity index is 2.76. The van der Waals surface area contributed by atoms with Gasteiger partial charge in [-0.1, -0.05) is 6.92 Å². The van der Waals surface area contributed by atoms with Gasteiger partial charge in [-0.3, -0.25) is 4.79 Å². The molecular formula is C11H13BrFNO2. The van der Waals surface area contributed by atoms with E-state index < -0.39 is 5.82 Å². The van der Waals surface area contributed by atoms with Gasteiger partial charge in [-0.2, -0.15) is 0 Å². The van der Waals surface area contributed by atoms with Gasteiger partial charge in [0.25, 0.3) is 5.91 Å². The maximum Gasteiger partial charge on any atom is 0.251 e. The molecule has 0 aromatic heterocycles. The monoisotopic (exact) mass is 289 g/mol. The summed E-state index contributed by atoms with van der Waals surface area (Å²) in [4.78, 5) is 11.6. The molecule has 0 fully saturated rings. The summed E-state index contributed by atoms with van der Waals surface area (Å²) in [6.45, 7) is 1.73. The molecule has 0 spiro atoms. The lowest BCUT2D eigenvalue weighted by Gasteiger charge is -2.13. The molecule has 0 saturated heterocycles. The van der Waals surface area contributed by atoms with E-state index in [0.717, 1.165) is 6.07 Å². The van der Waals surface area contributed by atoms with Crippen LogP contribution in [0.1, 0.15) is 23.7 Å². The van der Waals surface area contributed by atoms with E-state index in [0.29, 0.717) is 10.9 Å². The van der Waals surface area contributed by atoms with Crippen molar-refractivity contribution in [2.45, 2.75) is 19.4 Å². The number of nitrogens with one attached hydrogen (secondary N) is 1. The number of carbonyl (C=O) groups is 1. The van der Waals surface area contributed by atoms with Crippen molar-refractivity contribution in [3.8, 4) is 0 Å². The first-order valence-corrected chi connectivity index (χ1v) is 5.74. The van der Waals surface area contributed by atoms with Crippen LogP contribution in [-0.2, 0) is 0 Å². The van der Waals surface area contributed by atoms with Crippen LogP contribution in [0.2, 0.25) is 0 Å². The first-order chi connectivity index (χ1) is 7.58. The SMILES string of the molecule is CC[C@@H](CO)NC(=O)c1ccc(Br)c(F)c1. The summed E-state index contributed by atoms with van der Waals surface area (Å²) in [5, 5.41) is 11.5. The summed E-state index contributed by atoms with van der Waals surface area (Å²) < 4.78 is 13.5. The van der Waals surface area contributed by atoms with Crippen LogP contribution in [0.5, 0.6) is 0 Å². The van der Waals surface area contributed by atoms with Gasteiger partial charge < -0.3 is 10.4 Å². The number of halogens is 2. The van der Waals surface area contributed by atoms with Gasteiger partial charge in [0, 0.05) is 5.56 Å². The Hall–Kier alpha value is -0.940. The summed E-state index contributed by atoms with van der Waals surface area (Å²) in [5.74, 6) is -0.864. The summed E-state index contributed by atoms with van der Waals surface area (Å²) in [7, 11) is 0. The molecule has 0 saturated carbocycles. The van der Waals surface area contributed by atoms with Crippen molar-refractivity contribution in [3.05, 3.63) is 34.1 Å². The van der Waals surface area contributed by atoms with Gasteiger partial charge in [0.15, 0.2) is 0 Å². The Morgan fingerprint density at radius 3 is 2.81 bits per heavy atom. The smallest absolute Gasteiger partial charge is 0.251 e. The van der Waals surface area contributed by atoms with Gasteiger partial charge in [0.1, 0.15) is 5.82 Å². The molecule has 3 nitrogen and oxygen atoms in total. The molecule has 16 heavy (non-hydrogen) atoms. The molecule has 1 aromatic carbocycles. The summed E-state index contributed by atoms with van der Waals surface area (Å²) in [6.07, 6.45) is 0.626.